The zero-order valence-corrected chi connectivity index (χ0v) is 14.5. The van der Waals surface area contributed by atoms with E-state index in [1.807, 2.05) is 0 Å². The smallest absolute Gasteiger partial charge is 0.243 e. The maximum atomic E-state index is 12.7. The van der Waals surface area contributed by atoms with Gasteiger partial charge in [0.2, 0.25) is 15.9 Å². The normalized spacial score (nSPS) is 21.0. The molecule has 2 aliphatic rings. The molecule has 1 aromatic rings. The van der Waals surface area contributed by atoms with Crippen molar-refractivity contribution in [2.24, 2.45) is 0 Å². The van der Waals surface area contributed by atoms with Crippen LogP contribution in [0.3, 0.4) is 0 Å². The van der Waals surface area contributed by atoms with Gasteiger partial charge in [-0.15, -0.1) is 0 Å². The number of benzene rings is 1. The first kappa shape index (κ1) is 17.3. The fourth-order valence-electron chi connectivity index (χ4n) is 3.01. The zero-order chi connectivity index (χ0) is 17.2. The second kappa shape index (κ2) is 6.79. The monoisotopic (exact) mass is 354 g/mol. The van der Waals surface area contributed by atoms with E-state index in [0.717, 1.165) is 5.56 Å². The van der Waals surface area contributed by atoms with E-state index in [1.165, 1.54) is 11.2 Å². The molecular weight excluding hydrogens is 332 g/mol. The molecule has 1 spiro atoms. The van der Waals surface area contributed by atoms with E-state index in [0.29, 0.717) is 45.7 Å². The first-order chi connectivity index (χ1) is 11.4. The van der Waals surface area contributed by atoms with Crippen LogP contribution in [0.2, 0.25) is 0 Å². The molecule has 1 amide bonds. The molecule has 24 heavy (non-hydrogen) atoms. The third kappa shape index (κ3) is 3.61. The fourth-order valence-corrected chi connectivity index (χ4v) is 4.45. The van der Waals surface area contributed by atoms with Crippen molar-refractivity contribution in [3.63, 3.8) is 0 Å². The molecule has 0 aliphatic carbocycles. The molecule has 8 heteroatoms. The van der Waals surface area contributed by atoms with Crippen LogP contribution in [0.5, 0.6) is 0 Å². The fraction of sp³-hybridized carbons (Fsp3) is 0.562. The summed E-state index contributed by atoms with van der Waals surface area (Å²) in [7, 11) is -3.52. The van der Waals surface area contributed by atoms with Gasteiger partial charge in [-0.05, 0) is 17.7 Å². The Kier molecular flexibility index (Phi) is 4.91. The average Bonchev–Trinajstić information content (AvgIpc) is 3.02. The van der Waals surface area contributed by atoms with E-state index >= 15 is 0 Å². The summed E-state index contributed by atoms with van der Waals surface area (Å²) >= 11 is 0. The maximum Gasteiger partial charge on any atom is 0.243 e. The molecule has 0 bridgehead atoms. The number of carbonyl (C=O) groups excluding carboxylic acids is 1. The highest BCUT2D eigenvalue weighted by Crippen LogP contribution is 2.33. The van der Waals surface area contributed by atoms with Gasteiger partial charge in [0.25, 0.3) is 0 Å². The van der Waals surface area contributed by atoms with Crippen molar-refractivity contribution in [1.82, 2.24) is 9.62 Å². The highest BCUT2D eigenvalue weighted by atomic mass is 32.2. The minimum atomic E-state index is -3.52. The molecule has 0 saturated carbocycles. The predicted molar refractivity (Wildman–Crippen MR) is 86.6 cm³/mol. The van der Waals surface area contributed by atoms with E-state index in [9.17, 15) is 13.2 Å². The second-order valence-corrected chi connectivity index (χ2v) is 8.00. The Labute approximate surface area is 142 Å². The number of ether oxygens (including phenoxy) is 2. The number of nitrogens with zero attached hydrogens (tertiary/aromatic N) is 1. The minimum Gasteiger partial charge on any atom is -0.352 e. The third-order valence-corrected chi connectivity index (χ3v) is 6.31. The summed E-state index contributed by atoms with van der Waals surface area (Å²) in [6.07, 6.45) is 1.10. The van der Waals surface area contributed by atoms with Gasteiger partial charge < -0.3 is 14.8 Å². The largest absolute Gasteiger partial charge is 0.352 e. The van der Waals surface area contributed by atoms with Crippen LogP contribution in [0.15, 0.2) is 29.2 Å². The van der Waals surface area contributed by atoms with E-state index in [-0.39, 0.29) is 10.8 Å². The lowest BCUT2D eigenvalue weighted by Gasteiger charge is -2.36. The van der Waals surface area contributed by atoms with Crippen molar-refractivity contribution in [1.29, 1.82) is 0 Å². The van der Waals surface area contributed by atoms with Crippen LogP contribution in [0, 0.1) is 0 Å². The SMILES string of the molecule is CC(=O)NCc1ccc(S(=O)(=O)N2CCC3(CC2)OCCO3)cc1. The average molecular weight is 354 g/mol. The lowest BCUT2D eigenvalue weighted by atomic mass is 10.1. The molecule has 0 unspecified atom stereocenters. The van der Waals surface area contributed by atoms with E-state index in [2.05, 4.69) is 5.32 Å². The predicted octanol–water partition coefficient (Wildman–Crippen LogP) is 0.850. The van der Waals surface area contributed by atoms with Crippen LogP contribution >= 0.6 is 0 Å². The summed E-state index contributed by atoms with van der Waals surface area (Å²) in [6.45, 7) is 3.74. The first-order valence-electron chi connectivity index (χ1n) is 8.03. The van der Waals surface area contributed by atoms with Gasteiger partial charge in [0.15, 0.2) is 5.79 Å². The Balaban J connectivity index is 1.66. The van der Waals surface area contributed by atoms with E-state index in [4.69, 9.17) is 9.47 Å². The van der Waals surface area contributed by atoms with Gasteiger partial charge in [-0.25, -0.2) is 8.42 Å². The van der Waals surface area contributed by atoms with Crippen molar-refractivity contribution < 1.29 is 22.7 Å². The number of amides is 1. The van der Waals surface area contributed by atoms with Crippen LogP contribution in [0.1, 0.15) is 25.3 Å². The molecule has 0 aromatic heterocycles. The Morgan fingerprint density at radius 3 is 2.29 bits per heavy atom. The molecule has 2 fully saturated rings. The number of piperidine rings is 1. The van der Waals surface area contributed by atoms with Crippen LogP contribution < -0.4 is 5.32 Å². The number of rotatable bonds is 4. The summed E-state index contributed by atoms with van der Waals surface area (Å²) in [5.41, 5.74) is 0.856. The third-order valence-electron chi connectivity index (χ3n) is 4.40. The molecule has 0 atom stereocenters. The Hall–Kier alpha value is -1.48. The Morgan fingerprint density at radius 1 is 1.17 bits per heavy atom. The van der Waals surface area contributed by atoms with Crippen LogP contribution in [0.4, 0.5) is 0 Å². The molecule has 2 aliphatic heterocycles. The molecule has 3 rings (SSSR count). The molecule has 2 saturated heterocycles. The summed E-state index contributed by atoms with van der Waals surface area (Å²) in [5, 5.41) is 2.68. The lowest BCUT2D eigenvalue weighted by molar-refractivity contribution is -0.179. The Bertz CT molecular complexity index is 686. The van der Waals surface area contributed by atoms with Gasteiger partial charge in [0, 0.05) is 39.4 Å². The van der Waals surface area contributed by atoms with E-state index < -0.39 is 15.8 Å². The van der Waals surface area contributed by atoms with Crippen molar-refractivity contribution >= 4 is 15.9 Å². The first-order valence-corrected chi connectivity index (χ1v) is 9.47. The van der Waals surface area contributed by atoms with Crippen molar-refractivity contribution in [3.05, 3.63) is 29.8 Å². The summed E-state index contributed by atoms with van der Waals surface area (Å²) in [6, 6.07) is 6.60. The Morgan fingerprint density at radius 2 is 1.75 bits per heavy atom. The quantitative estimate of drug-likeness (QED) is 0.866. The molecular formula is C16H22N2O5S. The van der Waals surface area contributed by atoms with Gasteiger partial charge in [-0.2, -0.15) is 4.31 Å². The molecule has 1 N–H and O–H groups in total. The number of hydrogen-bond donors (Lipinski definition) is 1. The molecule has 0 radical (unpaired) electrons. The summed E-state index contributed by atoms with van der Waals surface area (Å²) in [5.74, 6) is -0.709. The van der Waals surface area contributed by atoms with Gasteiger partial charge in [0.1, 0.15) is 0 Å². The van der Waals surface area contributed by atoms with Gasteiger partial charge in [-0.3, -0.25) is 4.79 Å². The van der Waals surface area contributed by atoms with Crippen LogP contribution in [-0.2, 0) is 30.8 Å². The molecule has 7 nitrogen and oxygen atoms in total. The van der Waals surface area contributed by atoms with Crippen LogP contribution in [-0.4, -0.2) is 50.7 Å². The summed E-state index contributed by atoms with van der Waals surface area (Å²) in [4.78, 5) is 11.2. The number of hydrogen-bond acceptors (Lipinski definition) is 5. The van der Waals surface area contributed by atoms with Gasteiger partial charge >= 0.3 is 0 Å². The number of sulfonamides is 1. The van der Waals surface area contributed by atoms with Crippen molar-refractivity contribution in [3.8, 4) is 0 Å². The topological polar surface area (TPSA) is 84.9 Å². The van der Waals surface area contributed by atoms with Crippen molar-refractivity contribution in [2.45, 2.75) is 37.0 Å². The van der Waals surface area contributed by atoms with Crippen LogP contribution in [0.25, 0.3) is 0 Å². The maximum absolute atomic E-state index is 12.7. The minimum absolute atomic E-state index is 0.120. The molecule has 2 heterocycles. The van der Waals surface area contributed by atoms with E-state index in [1.54, 1.807) is 24.3 Å². The highest BCUT2D eigenvalue weighted by Gasteiger charge is 2.42. The van der Waals surface area contributed by atoms with Crippen molar-refractivity contribution in [2.75, 3.05) is 26.3 Å². The second-order valence-electron chi connectivity index (χ2n) is 6.07. The molecule has 132 valence electrons. The van der Waals surface area contributed by atoms with Gasteiger partial charge in [-0.1, -0.05) is 12.1 Å². The molecule has 1 aromatic carbocycles. The van der Waals surface area contributed by atoms with Gasteiger partial charge in [0.05, 0.1) is 18.1 Å². The highest BCUT2D eigenvalue weighted by molar-refractivity contribution is 7.89. The zero-order valence-electron chi connectivity index (χ0n) is 13.7. The summed E-state index contributed by atoms with van der Waals surface area (Å²) < 4.78 is 38.2. The standard InChI is InChI=1S/C16H22N2O5S/c1-13(19)17-12-14-2-4-15(5-3-14)24(20,21)18-8-6-16(7-9-18)22-10-11-23-16/h2-5H,6-12H2,1H3,(H,17,19). The lowest BCUT2D eigenvalue weighted by Crippen LogP contribution is -2.47. The number of carbonyl (C=O) groups is 1. The number of nitrogens with one attached hydrogen (secondary N) is 1.